The van der Waals surface area contributed by atoms with Crippen LogP contribution in [0.5, 0.6) is 5.75 Å². The van der Waals surface area contributed by atoms with Gasteiger partial charge in [0.05, 0.1) is 29.6 Å². The highest BCUT2D eigenvalue weighted by atomic mass is 35.5. The van der Waals surface area contributed by atoms with Gasteiger partial charge in [-0.2, -0.15) is 0 Å². The lowest BCUT2D eigenvalue weighted by Crippen LogP contribution is -2.64. The standard InChI is InChI=1S/C40H46ClNO9/c1-19-8-11-25-14-15-39(7)38(50)42-37-32(41)36(49)30-27(40(25,37)51-39)17-24(6)35(48)31(30)34(47)23(5)16-22(4)33(46)21(3)10-13-26(43)12-9-20(2)29(45)18-28(19)44/h8-11,13-17,19,21-22,25-26,28,33,43-44,46,48H,12,18H2,1-7H3,(H,42,50)/b11-8+,13-10+,20-9+,23-16-/t19-,21+,22+,25-,26+,28+,33+,39+,40?/m1/s1. The molecule has 51 heavy (non-hydrogen) atoms. The maximum Gasteiger partial charge on any atom is 0.260 e. The van der Waals surface area contributed by atoms with Crippen LogP contribution in [0.3, 0.4) is 0 Å². The number of ether oxygens (including phenoxy) is 1. The average Bonchev–Trinajstić information content (AvgIpc) is 3.08. The SMILES string of the molecule is C/C1=C/[C@H](C)[C@@H](O)[C@@H](C)/C=C/[C@@H](O)C/C=C(\C)C(=O)C[C@H](O)[C@H](C)/C=C/[C@@H]2C=C[C@]3(C)OC24C(=C(Cl)C(=O)c2c4cc(C)c(O)c2C1=O)NC3=O. The maximum atomic E-state index is 14.3. The normalized spacial score (nSPS) is 38.3. The number of hydrogen-bond donors (Lipinski definition) is 5. The Morgan fingerprint density at radius 2 is 1.53 bits per heavy atom. The lowest BCUT2D eigenvalue weighted by Gasteiger charge is -2.54. The van der Waals surface area contributed by atoms with Crippen molar-refractivity contribution < 1.29 is 44.3 Å². The maximum absolute atomic E-state index is 14.3. The van der Waals surface area contributed by atoms with Crippen LogP contribution in [0.2, 0.25) is 0 Å². The molecule has 1 aromatic rings. The van der Waals surface area contributed by atoms with Crippen LogP contribution >= 0.6 is 11.6 Å². The molecule has 0 aromatic heterocycles. The third kappa shape index (κ3) is 6.76. The quantitative estimate of drug-likeness (QED) is 0.227. The number of allylic oxidation sites excluding steroid dienone is 3. The predicted molar refractivity (Wildman–Crippen MR) is 192 cm³/mol. The van der Waals surface area contributed by atoms with Gasteiger partial charge in [0.15, 0.2) is 17.2 Å². The summed E-state index contributed by atoms with van der Waals surface area (Å²) in [5.41, 5.74) is -2.55. The summed E-state index contributed by atoms with van der Waals surface area (Å²) in [6.07, 6.45) is 10.2. The van der Waals surface area contributed by atoms with E-state index in [0.717, 1.165) is 0 Å². The third-order valence-electron chi connectivity index (χ3n) is 10.6. The summed E-state index contributed by atoms with van der Waals surface area (Å²) in [4.78, 5) is 54.8. The largest absolute Gasteiger partial charge is 0.507 e. The Bertz CT molecular complexity index is 1870. The highest BCUT2D eigenvalue weighted by molar-refractivity contribution is 6.47. The van der Waals surface area contributed by atoms with E-state index >= 15 is 0 Å². The second kappa shape index (κ2) is 14.2. The molecule has 4 aliphatic rings. The predicted octanol–water partition coefficient (Wildman–Crippen LogP) is 5.18. The molecule has 5 N–H and O–H groups in total. The third-order valence-corrected chi connectivity index (χ3v) is 11.0. The van der Waals surface area contributed by atoms with E-state index in [0.29, 0.717) is 5.57 Å². The van der Waals surface area contributed by atoms with Crippen LogP contribution in [0.15, 0.2) is 76.6 Å². The molecule has 1 amide bonds. The minimum atomic E-state index is -1.64. The van der Waals surface area contributed by atoms with E-state index < -0.39 is 76.4 Å². The van der Waals surface area contributed by atoms with Gasteiger partial charge in [-0.3, -0.25) is 19.2 Å². The number of morpholine rings is 1. The number of carbonyl (C=O) groups is 4. The van der Waals surface area contributed by atoms with E-state index in [1.807, 2.05) is 0 Å². The van der Waals surface area contributed by atoms with Crippen LogP contribution in [0, 0.1) is 30.6 Å². The Labute approximate surface area is 302 Å². The lowest BCUT2D eigenvalue weighted by molar-refractivity contribution is -0.179. The number of ketones is 3. The van der Waals surface area contributed by atoms with Crippen molar-refractivity contribution in [2.75, 3.05) is 0 Å². The number of nitrogens with one attached hydrogen (secondary N) is 1. The minimum absolute atomic E-state index is 0.00506. The first-order chi connectivity index (χ1) is 23.8. The fourth-order valence-electron chi connectivity index (χ4n) is 7.21. The number of halogens is 1. The monoisotopic (exact) mass is 719 g/mol. The van der Waals surface area contributed by atoms with Crippen molar-refractivity contribution in [3.63, 3.8) is 0 Å². The molecule has 2 heterocycles. The molecule has 2 aliphatic heterocycles. The number of fused-ring (bicyclic) bond motifs is 1. The molecule has 5 rings (SSSR count). The van der Waals surface area contributed by atoms with E-state index in [1.54, 1.807) is 90.1 Å². The molecule has 0 radical (unpaired) electrons. The Hall–Kier alpha value is -3.93. The molecule has 272 valence electrons. The van der Waals surface area contributed by atoms with Gasteiger partial charge in [0.1, 0.15) is 16.4 Å². The zero-order valence-corrected chi connectivity index (χ0v) is 30.6. The topological polar surface area (TPSA) is 170 Å². The Balaban J connectivity index is 1.74. The van der Waals surface area contributed by atoms with Crippen molar-refractivity contribution in [3.05, 3.63) is 98.8 Å². The van der Waals surface area contributed by atoms with Gasteiger partial charge in [-0.25, -0.2) is 0 Å². The number of Topliss-reactive ketones (excluding diaryl/α,β-unsaturated/α-hetero) is 3. The molecule has 1 unspecified atom stereocenters. The van der Waals surface area contributed by atoms with Crippen LogP contribution in [-0.2, 0) is 19.9 Å². The average molecular weight is 720 g/mol. The summed E-state index contributed by atoms with van der Waals surface area (Å²) in [6.45, 7) is 11.5. The van der Waals surface area contributed by atoms with Crippen LogP contribution < -0.4 is 5.32 Å². The van der Waals surface area contributed by atoms with Gasteiger partial charge < -0.3 is 30.5 Å². The summed E-state index contributed by atoms with van der Waals surface area (Å²) in [7, 11) is 0. The highest BCUT2D eigenvalue weighted by Crippen LogP contribution is 2.56. The minimum Gasteiger partial charge on any atom is -0.507 e. The molecular weight excluding hydrogens is 674 g/mol. The number of carbonyl (C=O) groups excluding carboxylic acids is 4. The zero-order chi connectivity index (χ0) is 37.7. The van der Waals surface area contributed by atoms with Gasteiger partial charge in [-0.1, -0.05) is 74.9 Å². The fraction of sp³-hybridized carbons (Fsp3) is 0.450. The molecule has 10 nitrogen and oxygen atoms in total. The van der Waals surface area contributed by atoms with Crippen molar-refractivity contribution >= 4 is 34.9 Å². The molecule has 9 atom stereocenters. The second-order valence-corrected chi connectivity index (χ2v) is 14.9. The Morgan fingerprint density at radius 3 is 2.22 bits per heavy atom. The molecule has 1 aromatic carbocycles. The molecular formula is C40H46ClNO9. The van der Waals surface area contributed by atoms with E-state index in [-0.39, 0.29) is 57.2 Å². The number of phenols is 1. The second-order valence-electron chi connectivity index (χ2n) is 14.5. The smallest absolute Gasteiger partial charge is 0.260 e. The number of amides is 1. The van der Waals surface area contributed by atoms with Crippen molar-refractivity contribution in [2.45, 2.75) is 90.8 Å². The number of aliphatic hydroxyl groups is 3. The van der Waals surface area contributed by atoms with Crippen LogP contribution in [-0.4, -0.2) is 67.6 Å². The number of aromatic hydroxyl groups is 1. The van der Waals surface area contributed by atoms with Gasteiger partial charge in [0.25, 0.3) is 5.91 Å². The van der Waals surface area contributed by atoms with E-state index in [4.69, 9.17) is 16.3 Å². The van der Waals surface area contributed by atoms with E-state index in [1.165, 1.54) is 13.0 Å². The summed E-state index contributed by atoms with van der Waals surface area (Å²) in [5.74, 6) is -5.00. The molecule has 1 fully saturated rings. The molecule has 1 spiro atoms. The van der Waals surface area contributed by atoms with Crippen molar-refractivity contribution in [3.8, 4) is 5.75 Å². The number of hydrogen-bond acceptors (Lipinski definition) is 9. The zero-order valence-electron chi connectivity index (χ0n) is 29.9. The van der Waals surface area contributed by atoms with Gasteiger partial charge in [0.2, 0.25) is 5.78 Å². The van der Waals surface area contributed by atoms with Gasteiger partial charge in [-0.05, 0) is 63.0 Å². The summed E-state index contributed by atoms with van der Waals surface area (Å²) >= 11 is 6.79. The summed E-state index contributed by atoms with van der Waals surface area (Å²) in [6, 6.07) is 1.56. The summed E-state index contributed by atoms with van der Waals surface area (Å²) in [5, 5.41) is 46.6. The number of benzene rings is 1. The molecule has 11 heteroatoms. The summed E-state index contributed by atoms with van der Waals surface area (Å²) < 4.78 is 6.69. The van der Waals surface area contributed by atoms with Crippen molar-refractivity contribution in [2.24, 2.45) is 23.7 Å². The Kier molecular flexibility index (Phi) is 10.7. The first-order valence-corrected chi connectivity index (χ1v) is 17.6. The van der Waals surface area contributed by atoms with Gasteiger partial charge in [-0.15, -0.1) is 0 Å². The van der Waals surface area contributed by atoms with Gasteiger partial charge >= 0.3 is 0 Å². The molecule has 1 saturated heterocycles. The lowest BCUT2D eigenvalue weighted by atomic mass is 9.66. The molecule has 2 aliphatic carbocycles. The number of aryl methyl sites for hydroxylation is 1. The highest BCUT2D eigenvalue weighted by Gasteiger charge is 2.61. The van der Waals surface area contributed by atoms with E-state index in [2.05, 4.69) is 5.32 Å². The fourth-order valence-corrected chi connectivity index (χ4v) is 7.49. The van der Waals surface area contributed by atoms with Crippen LogP contribution in [0.4, 0.5) is 0 Å². The molecule has 5 bridgehead atoms. The van der Waals surface area contributed by atoms with Crippen LogP contribution in [0.25, 0.3) is 0 Å². The van der Waals surface area contributed by atoms with E-state index in [9.17, 15) is 39.6 Å². The first kappa shape index (κ1) is 38.3. The van der Waals surface area contributed by atoms with Crippen LogP contribution in [0.1, 0.15) is 86.2 Å². The van der Waals surface area contributed by atoms with Crippen molar-refractivity contribution in [1.82, 2.24) is 5.32 Å². The number of rotatable bonds is 0. The first-order valence-electron chi connectivity index (χ1n) is 17.2. The van der Waals surface area contributed by atoms with Gasteiger partial charge in [0, 0.05) is 41.2 Å². The number of phenolic OH excluding ortho intramolecular Hbond substituents is 1. The Morgan fingerprint density at radius 1 is 0.863 bits per heavy atom. The van der Waals surface area contributed by atoms with Crippen molar-refractivity contribution in [1.29, 1.82) is 0 Å². The molecule has 0 saturated carbocycles. The number of aliphatic hydroxyl groups excluding tert-OH is 3.